The lowest BCUT2D eigenvalue weighted by molar-refractivity contribution is 0.0224. The molecule has 0 amide bonds. The fourth-order valence-corrected chi connectivity index (χ4v) is 5.91. The van der Waals surface area contributed by atoms with Crippen LogP contribution in [0, 0.1) is 24.7 Å². The van der Waals surface area contributed by atoms with Crippen molar-refractivity contribution in [2.24, 2.45) is 0 Å². The number of benzene rings is 4. The van der Waals surface area contributed by atoms with E-state index < -0.39 is 0 Å². The molecule has 0 fully saturated rings. The minimum atomic E-state index is 0. The molecule has 14 nitrogen and oxygen atoms in total. The van der Waals surface area contributed by atoms with Gasteiger partial charge in [-0.05, 0) is 48.5 Å². The van der Waals surface area contributed by atoms with Crippen LogP contribution >= 0.6 is 12.4 Å². The van der Waals surface area contributed by atoms with Crippen molar-refractivity contribution in [2.75, 3.05) is 89.9 Å². The van der Waals surface area contributed by atoms with E-state index in [9.17, 15) is 0 Å². The van der Waals surface area contributed by atoms with E-state index in [1.165, 1.54) is 12.7 Å². The molecule has 4 heterocycles. The molecule has 0 saturated carbocycles. The molecule has 4 aromatic carbocycles. The Morgan fingerprint density at radius 1 is 0.443 bits per heavy atom. The number of hydrogen-bond donors (Lipinski definition) is 2. The number of nitrogens with one attached hydrogen (secondary N) is 2. The van der Waals surface area contributed by atoms with E-state index in [4.69, 9.17) is 50.7 Å². The van der Waals surface area contributed by atoms with Crippen molar-refractivity contribution >= 4 is 57.2 Å². The molecule has 2 aliphatic rings. The monoisotopic (exact) mass is 850 g/mol. The third-order valence-corrected chi connectivity index (χ3v) is 8.67. The number of ether oxygens (including phenoxy) is 8. The van der Waals surface area contributed by atoms with Crippen LogP contribution in [0.1, 0.15) is 26.0 Å². The summed E-state index contributed by atoms with van der Waals surface area (Å²) in [5, 5.41) is 8.24. The van der Waals surface area contributed by atoms with Crippen molar-refractivity contribution in [3.05, 3.63) is 96.6 Å². The lowest BCUT2D eigenvalue weighted by Crippen LogP contribution is -2.15. The first-order chi connectivity index (χ1) is 28.7. The van der Waals surface area contributed by atoms with E-state index >= 15 is 0 Å². The smallest absolute Gasteiger partial charge is 0.163 e. The molecule has 320 valence electrons. The topological polar surface area (TPSA) is 149 Å². The lowest BCUT2D eigenvalue weighted by Gasteiger charge is -2.16. The van der Waals surface area contributed by atoms with Crippen molar-refractivity contribution in [3.8, 4) is 47.7 Å². The molecular weight excluding hydrogens is 800 g/mol. The van der Waals surface area contributed by atoms with Crippen molar-refractivity contribution < 1.29 is 37.9 Å². The number of aromatic nitrogens is 4. The van der Waals surface area contributed by atoms with Gasteiger partial charge in [0.15, 0.2) is 23.0 Å². The van der Waals surface area contributed by atoms with Gasteiger partial charge in [-0.2, -0.15) is 0 Å². The second-order valence-electron chi connectivity index (χ2n) is 12.6. The molecular formula is C46H51ClN6O8. The van der Waals surface area contributed by atoms with Gasteiger partial charge < -0.3 is 48.5 Å². The fourth-order valence-electron chi connectivity index (χ4n) is 5.91. The van der Waals surface area contributed by atoms with Crippen LogP contribution in [0.3, 0.4) is 0 Å². The first-order valence-corrected chi connectivity index (χ1v) is 18.7. The third kappa shape index (κ3) is 13.3. The van der Waals surface area contributed by atoms with Gasteiger partial charge in [-0.25, -0.2) is 19.9 Å². The van der Waals surface area contributed by atoms with E-state index in [0.29, 0.717) is 114 Å². The Hall–Kier alpha value is -6.39. The van der Waals surface area contributed by atoms with Crippen molar-refractivity contribution in [3.63, 3.8) is 0 Å². The quantitative estimate of drug-likeness (QED) is 0.165. The largest absolute Gasteiger partial charge is 0.487 e. The highest BCUT2D eigenvalue weighted by Crippen LogP contribution is 2.36. The van der Waals surface area contributed by atoms with Crippen LogP contribution in [0.4, 0.5) is 23.0 Å². The summed E-state index contributed by atoms with van der Waals surface area (Å²) in [5.41, 5.74) is 4.74. The first-order valence-electron chi connectivity index (χ1n) is 18.7. The molecule has 2 aromatic heterocycles. The third-order valence-electron chi connectivity index (χ3n) is 8.67. The first kappa shape index (κ1) is 47.3. The highest BCUT2D eigenvalue weighted by molar-refractivity contribution is 5.94. The van der Waals surface area contributed by atoms with Gasteiger partial charge in [0.1, 0.15) is 50.7 Å². The number of anilines is 4. The second kappa shape index (κ2) is 24.6. The van der Waals surface area contributed by atoms with Gasteiger partial charge in [-0.1, -0.05) is 38.8 Å². The summed E-state index contributed by atoms with van der Waals surface area (Å²) in [5.74, 6) is 9.01. The Balaban J connectivity index is 0.000000256. The Labute approximate surface area is 363 Å². The zero-order chi connectivity index (χ0) is 39.8. The van der Waals surface area contributed by atoms with Gasteiger partial charge in [0.05, 0.1) is 63.9 Å². The van der Waals surface area contributed by atoms with Crippen molar-refractivity contribution in [1.82, 2.24) is 19.9 Å². The normalized spacial score (nSPS) is 14.3. The molecule has 0 spiro atoms. The summed E-state index contributed by atoms with van der Waals surface area (Å²) >= 11 is 0. The fraction of sp³-hybridized carbons (Fsp3) is 0.304. The van der Waals surface area contributed by atoms with Crippen LogP contribution < -0.4 is 29.6 Å². The molecule has 0 unspecified atom stereocenters. The van der Waals surface area contributed by atoms with E-state index in [1.807, 2.05) is 72.8 Å². The average molecular weight is 851 g/mol. The number of rotatable bonds is 4. The summed E-state index contributed by atoms with van der Waals surface area (Å²) in [4.78, 5) is 17.5. The molecule has 6 aromatic rings. The molecule has 0 bridgehead atoms. The predicted molar refractivity (Wildman–Crippen MR) is 240 cm³/mol. The molecule has 0 aliphatic carbocycles. The van der Waals surface area contributed by atoms with Crippen LogP contribution in [0.5, 0.6) is 23.0 Å². The van der Waals surface area contributed by atoms with Gasteiger partial charge in [0, 0.05) is 45.4 Å². The Morgan fingerprint density at radius 3 is 1.15 bits per heavy atom. The lowest BCUT2D eigenvalue weighted by atomic mass is 10.2. The standard InChI is InChI=1S/2C22H21N3O4.2CH4.ClH/c2*1-2-16-4-3-5-17(12-16)25-22-18-13-20-21(14-19(18)23-15-24-22)29-11-9-27-7-6-26-8-10-28-20;;;/h2*1,3-5,12-15H,6-11H2,(H,23,24,25);2*1H4;1H. The molecule has 0 saturated heterocycles. The summed E-state index contributed by atoms with van der Waals surface area (Å²) in [6, 6.07) is 22.6. The van der Waals surface area contributed by atoms with Gasteiger partial charge >= 0.3 is 0 Å². The van der Waals surface area contributed by atoms with Gasteiger partial charge in [-0.15, -0.1) is 25.3 Å². The van der Waals surface area contributed by atoms with Crippen LogP contribution in [-0.4, -0.2) is 99.2 Å². The average Bonchev–Trinajstić information content (AvgIpc) is 3.24. The predicted octanol–water partition coefficient (Wildman–Crippen LogP) is 8.01. The number of terminal acetylenes is 2. The summed E-state index contributed by atoms with van der Waals surface area (Å²) < 4.78 is 45.5. The minimum absolute atomic E-state index is 0. The van der Waals surface area contributed by atoms with Gasteiger partial charge in [0.25, 0.3) is 0 Å². The zero-order valence-electron chi connectivity index (χ0n) is 32.2. The number of nitrogens with zero attached hydrogens (tertiary/aromatic N) is 4. The van der Waals surface area contributed by atoms with E-state index in [0.717, 1.165) is 44.3 Å². The number of hydrogen-bond acceptors (Lipinski definition) is 14. The highest BCUT2D eigenvalue weighted by Gasteiger charge is 2.15. The highest BCUT2D eigenvalue weighted by atomic mass is 35.5. The van der Waals surface area contributed by atoms with Crippen LogP contribution in [0.15, 0.2) is 85.5 Å². The Morgan fingerprint density at radius 2 is 0.787 bits per heavy atom. The molecule has 8 rings (SSSR count). The zero-order valence-corrected chi connectivity index (χ0v) is 33.0. The molecule has 61 heavy (non-hydrogen) atoms. The summed E-state index contributed by atoms with van der Waals surface area (Å²) in [6.07, 6.45) is 14.0. The number of halogens is 1. The van der Waals surface area contributed by atoms with Crippen molar-refractivity contribution in [1.29, 1.82) is 0 Å². The van der Waals surface area contributed by atoms with E-state index in [-0.39, 0.29) is 27.3 Å². The van der Waals surface area contributed by atoms with Crippen LogP contribution in [-0.2, 0) is 18.9 Å². The molecule has 0 atom stereocenters. The van der Waals surface area contributed by atoms with Crippen LogP contribution in [0.2, 0.25) is 0 Å². The van der Waals surface area contributed by atoms with E-state index in [1.54, 1.807) is 0 Å². The van der Waals surface area contributed by atoms with Crippen LogP contribution in [0.25, 0.3) is 21.8 Å². The van der Waals surface area contributed by atoms with Gasteiger partial charge in [0.2, 0.25) is 0 Å². The summed E-state index contributed by atoms with van der Waals surface area (Å²) in [6.45, 7) is 5.67. The minimum Gasteiger partial charge on any atom is -0.487 e. The maximum atomic E-state index is 5.91. The maximum absolute atomic E-state index is 5.91. The molecule has 15 heteroatoms. The number of fused-ring (bicyclic) bond motifs is 4. The summed E-state index contributed by atoms with van der Waals surface area (Å²) in [7, 11) is 0. The molecule has 2 aliphatic heterocycles. The maximum Gasteiger partial charge on any atom is 0.163 e. The molecule has 2 N–H and O–H groups in total. The van der Waals surface area contributed by atoms with Gasteiger partial charge in [-0.3, -0.25) is 0 Å². The molecule has 0 radical (unpaired) electrons. The van der Waals surface area contributed by atoms with Crippen molar-refractivity contribution in [2.45, 2.75) is 14.9 Å². The Bertz CT molecular complexity index is 2240. The second-order valence-corrected chi connectivity index (χ2v) is 12.6. The van der Waals surface area contributed by atoms with E-state index in [2.05, 4.69) is 42.4 Å². The SMILES string of the molecule is C.C.C#Cc1cccc(Nc2ncnc3cc4c(cc23)OCCOCCOCCO4)c1.C#Cc1cccc(Nc2ncnc3cc4c(cc23)OCCOCCOCCO4)c1.Cl. The Kier molecular flexibility index (Phi) is 19.1.